The van der Waals surface area contributed by atoms with E-state index in [0.29, 0.717) is 26.2 Å². The highest BCUT2D eigenvalue weighted by atomic mass is 32.2. The van der Waals surface area contributed by atoms with Crippen molar-refractivity contribution in [2.45, 2.75) is 23.5 Å². The zero-order chi connectivity index (χ0) is 15.3. The molecule has 0 spiro atoms. The number of methoxy groups -OCH3 is 1. The summed E-state index contributed by atoms with van der Waals surface area (Å²) in [6.45, 7) is 1.83. The molecule has 1 saturated heterocycles. The van der Waals surface area contributed by atoms with Crippen LogP contribution in [-0.4, -0.2) is 47.9 Å². The van der Waals surface area contributed by atoms with Crippen molar-refractivity contribution >= 4 is 10.0 Å². The van der Waals surface area contributed by atoms with Crippen LogP contribution in [0.15, 0.2) is 29.2 Å². The van der Waals surface area contributed by atoms with Gasteiger partial charge in [-0.3, -0.25) is 0 Å². The lowest BCUT2D eigenvalue weighted by atomic mass is 10.0. The summed E-state index contributed by atoms with van der Waals surface area (Å²) in [5.74, 6) is 0. The molecule has 1 aromatic rings. The molecule has 1 aliphatic heterocycles. The predicted octanol–water partition coefficient (Wildman–Crippen LogP) is 0.490. The molecule has 1 aromatic carbocycles. The van der Waals surface area contributed by atoms with Gasteiger partial charge in [0, 0.05) is 33.2 Å². The lowest BCUT2D eigenvalue weighted by molar-refractivity contribution is -0.0120. The smallest absolute Gasteiger partial charge is 0.240 e. The van der Waals surface area contributed by atoms with Gasteiger partial charge in [-0.05, 0) is 24.7 Å². The molecule has 118 valence electrons. The van der Waals surface area contributed by atoms with Crippen molar-refractivity contribution in [2.75, 3.05) is 33.9 Å². The van der Waals surface area contributed by atoms with Crippen LogP contribution in [0.2, 0.25) is 0 Å². The van der Waals surface area contributed by atoms with Gasteiger partial charge in [-0.2, -0.15) is 0 Å². The van der Waals surface area contributed by atoms with Crippen molar-refractivity contribution in [1.82, 2.24) is 10.0 Å². The molecule has 1 atom stereocenters. The van der Waals surface area contributed by atoms with E-state index in [4.69, 9.17) is 9.47 Å². The first kappa shape index (κ1) is 16.4. The fourth-order valence-corrected chi connectivity index (χ4v) is 3.48. The van der Waals surface area contributed by atoms with E-state index in [1.807, 2.05) is 13.1 Å². The summed E-state index contributed by atoms with van der Waals surface area (Å²) in [7, 11) is -0.149. The molecular weight excluding hydrogens is 292 g/mol. The molecule has 0 amide bonds. The third-order valence-corrected chi connectivity index (χ3v) is 5.07. The molecule has 2 N–H and O–H groups in total. The zero-order valence-electron chi connectivity index (χ0n) is 12.4. The second-order valence-electron chi connectivity index (χ2n) is 5.19. The SMILES string of the molecule is CNCc1cccc(S(=O)(=O)NCC2(OC)CCOC2)c1. The quantitative estimate of drug-likeness (QED) is 0.766. The number of nitrogens with one attached hydrogen (secondary N) is 2. The summed E-state index contributed by atoms with van der Waals surface area (Å²) in [5.41, 5.74) is 0.362. The fraction of sp³-hybridized carbons (Fsp3) is 0.571. The summed E-state index contributed by atoms with van der Waals surface area (Å²) >= 11 is 0. The average Bonchev–Trinajstić information content (AvgIpc) is 2.96. The van der Waals surface area contributed by atoms with E-state index in [1.165, 1.54) is 0 Å². The van der Waals surface area contributed by atoms with E-state index in [2.05, 4.69) is 10.0 Å². The first-order chi connectivity index (χ1) is 10.0. The largest absolute Gasteiger partial charge is 0.378 e. The van der Waals surface area contributed by atoms with Crippen LogP contribution in [0.4, 0.5) is 0 Å². The standard InChI is InChI=1S/C14H22N2O4S/c1-15-9-12-4-3-5-13(8-12)21(17,18)16-10-14(19-2)6-7-20-11-14/h3-5,8,15-16H,6-7,9-11H2,1-2H3. The van der Waals surface area contributed by atoms with E-state index in [0.717, 1.165) is 5.56 Å². The van der Waals surface area contributed by atoms with Crippen LogP contribution in [0.5, 0.6) is 0 Å². The van der Waals surface area contributed by atoms with E-state index < -0.39 is 15.6 Å². The summed E-state index contributed by atoms with van der Waals surface area (Å²) < 4.78 is 38.1. The Labute approximate surface area is 125 Å². The Bertz CT molecular complexity index is 568. The highest BCUT2D eigenvalue weighted by Crippen LogP contribution is 2.22. The van der Waals surface area contributed by atoms with E-state index >= 15 is 0 Å². The molecule has 0 bridgehead atoms. The first-order valence-electron chi connectivity index (χ1n) is 6.87. The minimum absolute atomic E-state index is 0.210. The van der Waals surface area contributed by atoms with Gasteiger partial charge < -0.3 is 14.8 Å². The molecule has 0 aromatic heterocycles. The summed E-state index contributed by atoms with van der Waals surface area (Å²) in [6, 6.07) is 6.89. The van der Waals surface area contributed by atoms with Crippen molar-refractivity contribution in [3.8, 4) is 0 Å². The highest BCUT2D eigenvalue weighted by Gasteiger charge is 2.36. The number of hydrogen-bond acceptors (Lipinski definition) is 5. The molecule has 0 aliphatic carbocycles. The molecule has 1 aliphatic rings. The van der Waals surface area contributed by atoms with Crippen molar-refractivity contribution < 1.29 is 17.9 Å². The summed E-state index contributed by atoms with van der Waals surface area (Å²) in [6.07, 6.45) is 0.686. The van der Waals surface area contributed by atoms with Crippen LogP contribution in [0.3, 0.4) is 0 Å². The minimum atomic E-state index is -3.55. The fourth-order valence-electron chi connectivity index (χ4n) is 2.30. The second kappa shape index (κ2) is 6.85. The van der Waals surface area contributed by atoms with Crippen molar-refractivity contribution in [2.24, 2.45) is 0 Å². The molecule has 1 fully saturated rings. The lowest BCUT2D eigenvalue weighted by Gasteiger charge is -2.25. The molecule has 1 unspecified atom stereocenters. The Morgan fingerprint density at radius 1 is 1.43 bits per heavy atom. The predicted molar refractivity (Wildman–Crippen MR) is 79.6 cm³/mol. The van der Waals surface area contributed by atoms with Crippen molar-refractivity contribution in [1.29, 1.82) is 0 Å². The molecule has 0 saturated carbocycles. The Morgan fingerprint density at radius 2 is 2.24 bits per heavy atom. The Morgan fingerprint density at radius 3 is 2.86 bits per heavy atom. The van der Waals surface area contributed by atoms with Gasteiger partial charge in [-0.25, -0.2) is 13.1 Å². The topological polar surface area (TPSA) is 76.7 Å². The molecule has 7 heteroatoms. The van der Waals surface area contributed by atoms with Crippen molar-refractivity contribution in [3.05, 3.63) is 29.8 Å². The molecule has 6 nitrogen and oxygen atoms in total. The second-order valence-corrected chi connectivity index (χ2v) is 6.96. The molecule has 2 rings (SSSR count). The van der Waals surface area contributed by atoms with E-state index in [-0.39, 0.29) is 11.4 Å². The normalized spacial score (nSPS) is 22.6. The van der Waals surface area contributed by atoms with Gasteiger partial charge in [0.25, 0.3) is 0 Å². The maximum atomic E-state index is 12.4. The Hall–Kier alpha value is -0.990. The third kappa shape index (κ3) is 4.02. The number of ether oxygens (including phenoxy) is 2. The number of sulfonamides is 1. The Balaban J connectivity index is 2.09. The molecule has 21 heavy (non-hydrogen) atoms. The monoisotopic (exact) mass is 314 g/mol. The van der Waals surface area contributed by atoms with Gasteiger partial charge in [-0.15, -0.1) is 0 Å². The molecule has 1 heterocycles. The van der Waals surface area contributed by atoms with Crippen LogP contribution >= 0.6 is 0 Å². The zero-order valence-corrected chi connectivity index (χ0v) is 13.2. The highest BCUT2D eigenvalue weighted by molar-refractivity contribution is 7.89. The van der Waals surface area contributed by atoms with Crippen LogP contribution in [0, 0.1) is 0 Å². The summed E-state index contributed by atoms with van der Waals surface area (Å²) in [5, 5.41) is 3.00. The Kier molecular flexibility index (Phi) is 5.34. The maximum absolute atomic E-state index is 12.4. The van der Waals surface area contributed by atoms with Crippen molar-refractivity contribution in [3.63, 3.8) is 0 Å². The van der Waals surface area contributed by atoms with Crippen LogP contribution in [0.1, 0.15) is 12.0 Å². The van der Waals surface area contributed by atoms with Gasteiger partial charge in [0.15, 0.2) is 0 Å². The molecular formula is C14H22N2O4S. The van der Waals surface area contributed by atoms with Gasteiger partial charge in [0.2, 0.25) is 10.0 Å². The minimum Gasteiger partial charge on any atom is -0.378 e. The average molecular weight is 314 g/mol. The van der Waals surface area contributed by atoms with Gasteiger partial charge in [-0.1, -0.05) is 12.1 Å². The van der Waals surface area contributed by atoms with Crippen LogP contribution in [0.25, 0.3) is 0 Å². The number of rotatable bonds is 7. The lowest BCUT2D eigenvalue weighted by Crippen LogP contribution is -2.44. The number of hydrogen-bond donors (Lipinski definition) is 2. The molecule has 0 radical (unpaired) electrons. The van der Waals surface area contributed by atoms with Gasteiger partial charge in [0.1, 0.15) is 5.60 Å². The maximum Gasteiger partial charge on any atom is 0.240 e. The number of benzene rings is 1. The van der Waals surface area contributed by atoms with E-state index in [1.54, 1.807) is 25.3 Å². The van der Waals surface area contributed by atoms with Crippen LogP contribution in [-0.2, 0) is 26.0 Å². The van der Waals surface area contributed by atoms with Gasteiger partial charge >= 0.3 is 0 Å². The van der Waals surface area contributed by atoms with Gasteiger partial charge in [0.05, 0.1) is 11.5 Å². The first-order valence-corrected chi connectivity index (χ1v) is 8.36. The van der Waals surface area contributed by atoms with Crippen LogP contribution < -0.4 is 10.0 Å². The summed E-state index contributed by atoms with van der Waals surface area (Å²) in [4.78, 5) is 0.264. The third-order valence-electron chi connectivity index (χ3n) is 3.67. The van der Waals surface area contributed by atoms with E-state index in [9.17, 15) is 8.42 Å².